The number of fused-ring (bicyclic) bond motifs is 3. The van der Waals surface area contributed by atoms with Crippen molar-refractivity contribution in [3.63, 3.8) is 0 Å². The van der Waals surface area contributed by atoms with Crippen molar-refractivity contribution in [1.82, 2.24) is 29.7 Å². The van der Waals surface area contributed by atoms with Crippen LogP contribution < -0.4 is 4.90 Å². The van der Waals surface area contributed by atoms with Crippen LogP contribution >= 0.6 is 11.8 Å². The SMILES string of the molecule is CSc1ncc(-c2ccc3ncc4c(c3n2)N(C2CCN(C(=O)[C@H](C)O)CC2)C(=O)N(C)C4)cn1. The molecule has 5 heterocycles. The third-order valence-corrected chi connectivity index (χ3v) is 7.12. The maximum Gasteiger partial charge on any atom is 0.324 e. The van der Waals surface area contributed by atoms with Gasteiger partial charge >= 0.3 is 6.03 Å². The van der Waals surface area contributed by atoms with Crippen molar-refractivity contribution in [2.75, 3.05) is 31.3 Å². The second-order valence-electron chi connectivity index (χ2n) is 8.90. The summed E-state index contributed by atoms with van der Waals surface area (Å²) in [6, 6.07) is 3.61. The van der Waals surface area contributed by atoms with Crippen LogP contribution in [0, 0.1) is 0 Å². The van der Waals surface area contributed by atoms with Gasteiger partial charge in [-0.15, -0.1) is 0 Å². The monoisotopic (exact) mass is 493 g/mol. The molecular weight excluding hydrogens is 466 g/mol. The van der Waals surface area contributed by atoms with Crippen molar-refractivity contribution in [3.8, 4) is 11.3 Å². The van der Waals surface area contributed by atoms with Crippen LogP contribution in [-0.4, -0.2) is 85.3 Å². The molecule has 2 aliphatic heterocycles. The number of piperidine rings is 1. The maximum atomic E-state index is 13.4. The number of hydrogen-bond donors (Lipinski definition) is 1. The largest absolute Gasteiger partial charge is 0.384 e. The molecule has 1 N–H and O–H groups in total. The lowest BCUT2D eigenvalue weighted by Crippen LogP contribution is -2.55. The number of pyridine rings is 2. The van der Waals surface area contributed by atoms with Crippen LogP contribution in [0.3, 0.4) is 0 Å². The fourth-order valence-electron chi connectivity index (χ4n) is 4.74. The van der Waals surface area contributed by atoms with E-state index >= 15 is 0 Å². The van der Waals surface area contributed by atoms with Crippen LogP contribution in [0.4, 0.5) is 10.5 Å². The smallest absolute Gasteiger partial charge is 0.324 e. The first-order chi connectivity index (χ1) is 16.9. The standard InChI is InChI=1S/C24H27N7O3S/c1-14(32)22(33)30-8-6-17(7-9-30)31-21-16(13-29(2)24(31)34)12-25-19-5-4-18(28-20(19)21)15-10-26-23(35-3)27-11-15/h4-5,10-12,14,17,32H,6-9,13H2,1-3H3/t14-/m0/s1. The van der Waals surface area contributed by atoms with E-state index in [1.54, 1.807) is 29.2 Å². The van der Waals surface area contributed by atoms with E-state index < -0.39 is 6.10 Å². The molecule has 1 atom stereocenters. The van der Waals surface area contributed by atoms with Crippen LogP contribution in [0.2, 0.25) is 0 Å². The number of thioether (sulfide) groups is 1. The topological polar surface area (TPSA) is 116 Å². The van der Waals surface area contributed by atoms with E-state index in [0.29, 0.717) is 54.4 Å². The average Bonchev–Trinajstić information content (AvgIpc) is 2.89. The normalized spacial score (nSPS) is 17.6. The van der Waals surface area contributed by atoms with E-state index in [9.17, 15) is 14.7 Å². The molecule has 0 bridgehead atoms. The van der Waals surface area contributed by atoms with E-state index in [4.69, 9.17) is 4.98 Å². The van der Waals surface area contributed by atoms with Crippen molar-refractivity contribution >= 4 is 40.4 Å². The molecule has 5 rings (SSSR count). The molecular formula is C24H27N7O3S. The molecule has 1 fully saturated rings. The number of carbonyl (C=O) groups is 2. The zero-order valence-electron chi connectivity index (χ0n) is 19.9. The first-order valence-corrected chi connectivity index (χ1v) is 12.8. The number of likely N-dealkylation sites (tertiary alicyclic amines) is 1. The highest BCUT2D eigenvalue weighted by molar-refractivity contribution is 7.98. The number of amides is 3. The Balaban J connectivity index is 1.54. The van der Waals surface area contributed by atoms with E-state index in [2.05, 4.69) is 15.0 Å². The Kier molecular flexibility index (Phi) is 6.28. The predicted molar refractivity (Wildman–Crippen MR) is 133 cm³/mol. The fourth-order valence-corrected chi connectivity index (χ4v) is 5.06. The van der Waals surface area contributed by atoms with Gasteiger partial charge in [-0.25, -0.2) is 19.7 Å². The molecule has 1 saturated heterocycles. The quantitative estimate of drug-likeness (QED) is 0.436. The number of aliphatic hydroxyl groups is 1. The molecule has 0 saturated carbocycles. The lowest BCUT2D eigenvalue weighted by atomic mass is 9.99. The maximum absolute atomic E-state index is 13.4. The van der Waals surface area contributed by atoms with Crippen molar-refractivity contribution in [1.29, 1.82) is 0 Å². The zero-order chi connectivity index (χ0) is 24.7. The molecule has 10 nitrogen and oxygen atoms in total. The number of aliphatic hydroxyl groups excluding tert-OH is 1. The van der Waals surface area contributed by atoms with Gasteiger partial charge in [0.05, 0.1) is 23.4 Å². The second kappa shape index (κ2) is 9.38. The van der Waals surface area contributed by atoms with Gasteiger partial charge in [-0.05, 0) is 38.2 Å². The molecule has 3 aromatic rings. The summed E-state index contributed by atoms with van der Waals surface area (Å²) < 4.78 is 0. The number of anilines is 1. The molecule has 11 heteroatoms. The molecule has 0 radical (unpaired) electrons. The summed E-state index contributed by atoms with van der Waals surface area (Å²) in [5.74, 6) is -0.276. The van der Waals surface area contributed by atoms with Crippen molar-refractivity contribution in [2.24, 2.45) is 0 Å². The number of nitrogens with zero attached hydrogens (tertiary/aromatic N) is 7. The predicted octanol–water partition coefficient (Wildman–Crippen LogP) is 2.55. The minimum absolute atomic E-state index is 0.0924. The molecule has 0 unspecified atom stereocenters. The van der Waals surface area contributed by atoms with Gasteiger partial charge in [0.1, 0.15) is 11.6 Å². The van der Waals surface area contributed by atoms with Crippen LogP contribution in [0.1, 0.15) is 25.3 Å². The minimum Gasteiger partial charge on any atom is -0.384 e. The lowest BCUT2D eigenvalue weighted by molar-refractivity contribution is -0.140. The summed E-state index contributed by atoms with van der Waals surface area (Å²) in [4.78, 5) is 49.1. The van der Waals surface area contributed by atoms with Crippen LogP contribution in [-0.2, 0) is 11.3 Å². The Bertz CT molecular complexity index is 1280. The summed E-state index contributed by atoms with van der Waals surface area (Å²) in [5, 5.41) is 10.4. The average molecular weight is 494 g/mol. The van der Waals surface area contributed by atoms with E-state index in [-0.39, 0.29) is 18.0 Å². The molecule has 2 aliphatic rings. The highest BCUT2D eigenvalue weighted by Crippen LogP contribution is 2.37. The van der Waals surface area contributed by atoms with Crippen LogP contribution in [0.5, 0.6) is 0 Å². The van der Waals surface area contributed by atoms with Gasteiger partial charge in [0, 0.05) is 55.9 Å². The first-order valence-electron chi connectivity index (χ1n) is 11.5. The summed E-state index contributed by atoms with van der Waals surface area (Å²) in [5.41, 5.74) is 4.58. The Hall–Kier alpha value is -3.31. The summed E-state index contributed by atoms with van der Waals surface area (Å²) in [7, 11) is 1.78. The van der Waals surface area contributed by atoms with Gasteiger partial charge in [0.15, 0.2) is 5.16 Å². The van der Waals surface area contributed by atoms with Gasteiger partial charge < -0.3 is 14.9 Å². The summed E-state index contributed by atoms with van der Waals surface area (Å²) >= 11 is 1.47. The number of aromatic nitrogens is 4. The summed E-state index contributed by atoms with van der Waals surface area (Å²) in [6.07, 6.45) is 7.45. The number of hydrogen-bond acceptors (Lipinski definition) is 8. The Morgan fingerprint density at radius 2 is 1.86 bits per heavy atom. The van der Waals surface area contributed by atoms with Gasteiger partial charge in [-0.1, -0.05) is 11.8 Å². The first kappa shape index (κ1) is 23.4. The number of urea groups is 1. The molecule has 3 aromatic heterocycles. The molecule has 0 aliphatic carbocycles. The van der Waals surface area contributed by atoms with E-state index in [1.165, 1.54) is 18.7 Å². The Morgan fingerprint density at radius 1 is 1.14 bits per heavy atom. The van der Waals surface area contributed by atoms with Gasteiger partial charge in [-0.2, -0.15) is 0 Å². The second-order valence-corrected chi connectivity index (χ2v) is 9.67. The summed E-state index contributed by atoms with van der Waals surface area (Å²) in [6.45, 7) is 2.90. The van der Waals surface area contributed by atoms with E-state index in [1.807, 2.05) is 29.5 Å². The lowest BCUT2D eigenvalue weighted by Gasteiger charge is -2.43. The number of rotatable bonds is 4. The van der Waals surface area contributed by atoms with Crippen LogP contribution in [0.15, 0.2) is 35.9 Å². The van der Waals surface area contributed by atoms with Crippen molar-refractivity contribution in [2.45, 2.75) is 43.6 Å². The van der Waals surface area contributed by atoms with Crippen LogP contribution in [0.25, 0.3) is 22.3 Å². The minimum atomic E-state index is -1.03. The highest BCUT2D eigenvalue weighted by Gasteiger charge is 2.38. The van der Waals surface area contributed by atoms with E-state index in [0.717, 1.165) is 16.8 Å². The molecule has 0 aromatic carbocycles. The zero-order valence-corrected chi connectivity index (χ0v) is 20.7. The number of carbonyl (C=O) groups excluding carboxylic acids is 2. The van der Waals surface area contributed by atoms with Gasteiger partial charge in [0.2, 0.25) is 0 Å². The van der Waals surface area contributed by atoms with Gasteiger partial charge in [-0.3, -0.25) is 14.7 Å². The van der Waals surface area contributed by atoms with Gasteiger partial charge in [0.25, 0.3) is 5.91 Å². The third kappa shape index (κ3) is 4.30. The highest BCUT2D eigenvalue weighted by atomic mass is 32.2. The van der Waals surface area contributed by atoms with Crippen molar-refractivity contribution in [3.05, 3.63) is 36.3 Å². The van der Waals surface area contributed by atoms with Crippen molar-refractivity contribution < 1.29 is 14.7 Å². The molecule has 3 amide bonds. The molecule has 35 heavy (non-hydrogen) atoms. The Labute approximate surface area is 207 Å². The molecule has 0 spiro atoms. The Morgan fingerprint density at radius 3 is 2.51 bits per heavy atom. The fraction of sp³-hybridized carbons (Fsp3) is 0.417. The molecule has 182 valence electrons. The third-order valence-electron chi connectivity index (χ3n) is 6.55.